The van der Waals surface area contributed by atoms with E-state index < -0.39 is 0 Å². The van der Waals surface area contributed by atoms with E-state index >= 15 is 0 Å². The maximum Gasteiger partial charge on any atom is 0.278 e. The normalized spacial score (nSPS) is 15.8. The number of hydrogen-bond donors (Lipinski definition) is 1. The van der Waals surface area contributed by atoms with Crippen molar-refractivity contribution < 1.29 is 4.39 Å². The van der Waals surface area contributed by atoms with Gasteiger partial charge in [0.05, 0.1) is 18.6 Å². The van der Waals surface area contributed by atoms with Gasteiger partial charge in [-0.25, -0.2) is 9.37 Å². The number of rotatable bonds is 4. The Balaban J connectivity index is 1.60. The molecule has 0 saturated carbocycles. The number of pyridine rings is 1. The molecule has 0 amide bonds. The molecule has 8 nitrogen and oxygen atoms in total. The lowest BCUT2D eigenvalue weighted by molar-refractivity contribution is 0.501. The number of anilines is 1. The van der Waals surface area contributed by atoms with Crippen molar-refractivity contribution in [3.8, 4) is 11.8 Å². The van der Waals surface area contributed by atoms with Crippen molar-refractivity contribution in [3.05, 3.63) is 94.5 Å². The van der Waals surface area contributed by atoms with E-state index in [0.29, 0.717) is 35.7 Å². The standard InChI is InChI=1S/C28H24FN7O/c29-19-7-9-21(10-8-19)36-26-25(23(14-30)27(36)34-13-3-5-20(31)15-34)33-17-35(28(26)37)16-24-22-6-2-1-4-18(22)11-12-32-24/h1-2,4,6-12,17,20H,3,5,13,15-16,31H2/t20-/m0/s1. The lowest BCUT2D eigenvalue weighted by Gasteiger charge is -2.33. The second kappa shape index (κ2) is 9.15. The van der Waals surface area contributed by atoms with Gasteiger partial charge in [-0.15, -0.1) is 0 Å². The van der Waals surface area contributed by atoms with Crippen molar-refractivity contribution in [2.24, 2.45) is 5.73 Å². The average molecular weight is 494 g/mol. The zero-order valence-corrected chi connectivity index (χ0v) is 20.0. The van der Waals surface area contributed by atoms with Gasteiger partial charge in [0.15, 0.2) is 0 Å². The fourth-order valence-electron chi connectivity index (χ4n) is 5.22. The SMILES string of the molecule is N#Cc1c(N2CCC[C@H](N)C2)n(-c2ccc(F)cc2)c2c(=O)n(Cc3nccc4ccccc34)cnc12. The summed E-state index contributed by atoms with van der Waals surface area (Å²) >= 11 is 0. The summed E-state index contributed by atoms with van der Waals surface area (Å²) in [5.74, 6) is 0.171. The first-order valence-electron chi connectivity index (χ1n) is 12.2. The molecule has 0 radical (unpaired) electrons. The van der Waals surface area contributed by atoms with E-state index in [-0.39, 0.29) is 29.5 Å². The van der Waals surface area contributed by atoms with Crippen LogP contribution in [0.1, 0.15) is 24.1 Å². The van der Waals surface area contributed by atoms with E-state index in [1.165, 1.54) is 23.0 Å². The van der Waals surface area contributed by atoms with Crippen LogP contribution in [0.25, 0.3) is 27.5 Å². The van der Waals surface area contributed by atoms with Crippen LogP contribution >= 0.6 is 0 Å². The van der Waals surface area contributed by atoms with Gasteiger partial charge < -0.3 is 10.6 Å². The summed E-state index contributed by atoms with van der Waals surface area (Å²) in [6.07, 6.45) is 4.94. The van der Waals surface area contributed by atoms with Crippen molar-refractivity contribution >= 4 is 27.6 Å². The Bertz CT molecular complexity index is 1730. The number of nitrogens with zero attached hydrogens (tertiary/aromatic N) is 6. The summed E-state index contributed by atoms with van der Waals surface area (Å²) in [6, 6.07) is 17.9. The van der Waals surface area contributed by atoms with Crippen LogP contribution in [0.15, 0.2) is 71.9 Å². The Morgan fingerprint density at radius 2 is 1.92 bits per heavy atom. The molecule has 9 heteroatoms. The van der Waals surface area contributed by atoms with Crippen LogP contribution in [0.2, 0.25) is 0 Å². The number of nitrogens with two attached hydrogens (primary N) is 1. The highest BCUT2D eigenvalue weighted by Gasteiger charge is 2.29. The van der Waals surface area contributed by atoms with Gasteiger partial charge in [0.2, 0.25) is 0 Å². The fourth-order valence-corrected chi connectivity index (χ4v) is 5.22. The van der Waals surface area contributed by atoms with E-state index in [9.17, 15) is 14.4 Å². The van der Waals surface area contributed by atoms with Crippen LogP contribution < -0.4 is 16.2 Å². The molecule has 5 aromatic rings. The van der Waals surface area contributed by atoms with Crippen LogP contribution in [0.3, 0.4) is 0 Å². The van der Waals surface area contributed by atoms with Gasteiger partial charge in [-0.05, 0) is 48.6 Å². The number of fused-ring (bicyclic) bond motifs is 2. The highest BCUT2D eigenvalue weighted by Crippen LogP contribution is 2.34. The number of aromatic nitrogens is 4. The van der Waals surface area contributed by atoms with Gasteiger partial charge in [-0.3, -0.25) is 18.9 Å². The molecule has 2 N–H and O–H groups in total. The zero-order chi connectivity index (χ0) is 25.5. The van der Waals surface area contributed by atoms with Crippen molar-refractivity contribution in [2.45, 2.75) is 25.4 Å². The summed E-state index contributed by atoms with van der Waals surface area (Å²) in [4.78, 5) is 25.2. The van der Waals surface area contributed by atoms with Crippen molar-refractivity contribution in [1.82, 2.24) is 19.1 Å². The maximum atomic E-state index is 14.0. The van der Waals surface area contributed by atoms with E-state index in [1.807, 2.05) is 35.2 Å². The van der Waals surface area contributed by atoms with Crippen LogP contribution in [0, 0.1) is 17.1 Å². The van der Waals surface area contributed by atoms with Gasteiger partial charge in [0, 0.05) is 36.4 Å². The van der Waals surface area contributed by atoms with Crippen molar-refractivity contribution in [3.63, 3.8) is 0 Å². The second-order valence-corrected chi connectivity index (χ2v) is 9.32. The second-order valence-electron chi connectivity index (χ2n) is 9.32. The molecular formula is C28H24FN7O. The van der Waals surface area contributed by atoms with E-state index in [4.69, 9.17) is 5.73 Å². The minimum absolute atomic E-state index is 0.0537. The van der Waals surface area contributed by atoms with Gasteiger partial charge in [0.25, 0.3) is 5.56 Å². The highest BCUT2D eigenvalue weighted by atomic mass is 19.1. The molecule has 3 aromatic heterocycles. The highest BCUT2D eigenvalue weighted by molar-refractivity contribution is 5.91. The Morgan fingerprint density at radius 1 is 1.11 bits per heavy atom. The number of hydrogen-bond acceptors (Lipinski definition) is 6. The Kier molecular flexibility index (Phi) is 5.66. The van der Waals surface area contributed by atoms with Gasteiger partial charge in [-0.1, -0.05) is 24.3 Å². The molecule has 1 fully saturated rings. The maximum absolute atomic E-state index is 14.0. The first-order chi connectivity index (χ1) is 18.0. The fraction of sp³-hybridized carbons (Fsp3) is 0.214. The molecule has 184 valence electrons. The minimum atomic E-state index is -0.389. The zero-order valence-electron chi connectivity index (χ0n) is 20.0. The first-order valence-corrected chi connectivity index (χ1v) is 12.2. The van der Waals surface area contributed by atoms with Crippen LogP contribution in [0.4, 0.5) is 10.2 Å². The topological polar surface area (TPSA) is 106 Å². The number of benzene rings is 2. The molecule has 4 heterocycles. The lowest BCUT2D eigenvalue weighted by atomic mass is 10.1. The van der Waals surface area contributed by atoms with E-state index in [2.05, 4.69) is 16.0 Å². The Labute approximate surface area is 212 Å². The molecule has 1 saturated heterocycles. The molecule has 0 unspecified atom stereocenters. The quantitative estimate of drug-likeness (QED) is 0.409. The summed E-state index contributed by atoms with van der Waals surface area (Å²) in [5.41, 5.74) is 8.15. The van der Waals surface area contributed by atoms with Crippen molar-refractivity contribution in [2.75, 3.05) is 18.0 Å². The molecule has 6 rings (SSSR count). The third-order valence-corrected chi connectivity index (χ3v) is 6.94. The summed E-state index contributed by atoms with van der Waals surface area (Å²) in [7, 11) is 0. The third-order valence-electron chi connectivity index (χ3n) is 6.94. The van der Waals surface area contributed by atoms with Crippen LogP contribution in [0.5, 0.6) is 0 Å². The van der Waals surface area contributed by atoms with Gasteiger partial charge in [-0.2, -0.15) is 5.26 Å². The molecule has 0 aliphatic carbocycles. The Morgan fingerprint density at radius 3 is 2.70 bits per heavy atom. The molecule has 0 spiro atoms. The number of halogens is 1. The number of piperidine rings is 1. The van der Waals surface area contributed by atoms with Crippen LogP contribution in [-0.4, -0.2) is 38.2 Å². The van der Waals surface area contributed by atoms with E-state index in [0.717, 1.165) is 29.3 Å². The number of nitriles is 1. The smallest absolute Gasteiger partial charge is 0.278 e. The third kappa shape index (κ3) is 3.92. The monoisotopic (exact) mass is 493 g/mol. The minimum Gasteiger partial charge on any atom is -0.355 e. The largest absolute Gasteiger partial charge is 0.355 e. The molecule has 1 aliphatic heterocycles. The predicted octanol–water partition coefficient (Wildman–Crippen LogP) is 3.72. The molecule has 37 heavy (non-hydrogen) atoms. The molecular weight excluding hydrogens is 469 g/mol. The molecule has 1 aliphatic rings. The van der Waals surface area contributed by atoms with Gasteiger partial charge in [0.1, 0.15) is 34.3 Å². The van der Waals surface area contributed by atoms with Crippen molar-refractivity contribution in [1.29, 1.82) is 5.26 Å². The van der Waals surface area contributed by atoms with E-state index in [1.54, 1.807) is 22.9 Å². The summed E-state index contributed by atoms with van der Waals surface area (Å²) in [5, 5.41) is 12.2. The molecule has 2 aromatic carbocycles. The van der Waals surface area contributed by atoms with Crippen LogP contribution in [-0.2, 0) is 6.54 Å². The lowest BCUT2D eigenvalue weighted by Crippen LogP contribution is -2.43. The predicted molar refractivity (Wildman–Crippen MR) is 140 cm³/mol. The molecule has 1 atom stereocenters. The van der Waals surface area contributed by atoms with Gasteiger partial charge >= 0.3 is 0 Å². The summed E-state index contributed by atoms with van der Waals surface area (Å²) in [6.45, 7) is 1.44. The first kappa shape index (κ1) is 22.9. The Hall–Kier alpha value is -4.55. The molecule has 0 bridgehead atoms. The summed E-state index contributed by atoms with van der Waals surface area (Å²) < 4.78 is 17.1. The average Bonchev–Trinajstić information content (AvgIpc) is 3.26.